The van der Waals surface area contributed by atoms with Gasteiger partial charge in [0.25, 0.3) is 0 Å². The maximum absolute atomic E-state index is 11.9. The number of epoxide rings is 1. The van der Waals surface area contributed by atoms with Gasteiger partial charge in [-0.15, -0.1) is 0 Å². The third kappa shape index (κ3) is 28.3. The first kappa shape index (κ1) is 42.1. The summed E-state index contributed by atoms with van der Waals surface area (Å²) >= 11 is 0. The molecule has 1 rings (SSSR count). The van der Waals surface area contributed by atoms with E-state index < -0.39 is 6.10 Å². The zero-order valence-electron chi connectivity index (χ0n) is 29.9. The Labute approximate surface area is 282 Å². The Morgan fingerprint density at radius 3 is 1.70 bits per heavy atom. The summed E-state index contributed by atoms with van der Waals surface area (Å²) in [4.78, 5) is 23.9. The lowest BCUT2D eigenvalue weighted by atomic mass is 10.0. The van der Waals surface area contributed by atoms with Gasteiger partial charge in [-0.3, -0.25) is 9.59 Å². The first-order valence-electron chi connectivity index (χ1n) is 19.0. The van der Waals surface area contributed by atoms with Crippen molar-refractivity contribution in [1.82, 2.24) is 0 Å². The number of carbonyl (C=O) groups is 2. The van der Waals surface area contributed by atoms with Crippen LogP contribution in [0.25, 0.3) is 0 Å². The molecule has 0 aromatic carbocycles. The van der Waals surface area contributed by atoms with Crippen molar-refractivity contribution in [3.63, 3.8) is 0 Å². The first-order valence-corrected chi connectivity index (χ1v) is 19.0. The minimum Gasteiger partial charge on any atom is -0.463 e. The van der Waals surface area contributed by atoms with Crippen LogP contribution in [0.3, 0.4) is 0 Å². The van der Waals surface area contributed by atoms with Crippen molar-refractivity contribution in [3.8, 4) is 0 Å². The largest absolute Gasteiger partial charge is 0.463 e. The van der Waals surface area contributed by atoms with Crippen LogP contribution in [-0.4, -0.2) is 48.6 Å². The molecule has 1 N–H and O–H groups in total. The van der Waals surface area contributed by atoms with Crippen molar-refractivity contribution in [2.45, 2.75) is 187 Å². The van der Waals surface area contributed by atoms with Gasteiger partial charge in [0.15, 0.2) is 0 Å². The number of allylic oxidation sites excluding steroid dienone is 4. The summed E-state index contributed by atoms with van der Waals surface area (Å²) in [5.74, 6) is 0.197. The molecule has 0 saturated carbocycles. The normalized spacial score (nSPS) is 17.1. The van der Waals surface area contributed by atoms with Gasteiger partial charge >= 0.3 is 11.9 Å². The number of hydrogen-bond acceptors (Lipinski definition) is 6. The van der Waals surface area contributed by atoms with E-state index in [0.717, 1.165) is 50.9 Å². The Morgan fingerprint density at radius 2 is 1.11 bits per heavy atom. The predicted octanol–water partition coefficient (Wildman–Crippen LogP) is 10.5. The molecule has 0 aromatic rings. The highest BCUT2D eigenvalue weighted by molar-refractivity contribution is 5.69. The summed E-state index contributed by atoms with van der Waals surface area (Å²) in [6.45, 7) is 6.55. The van der Waals surface area contributed by atoms with Gasteiger partial charge in [0, 0.05) is 12.8 Å². The lowest BCUT2D eigenvalue weighted by molar-refractivity contribution is -0.152. The molecule has 1 heterocycles. The molecule has 0 aromatic heterocycles. The van der Waals surface area contributed by atoms with Gasteiger partial charge in [0.05, 0.1) is 12.2 Å². The predicted molar refractivity (Wildman–Crippen MR) is 191 cm³/mol. The van der Waals surface area contributed by atoms with E-state index in [9.17, 15) is 14.7 Å². The van der Waals surface area contributed by atoms with Crippen molar-refractivity contribution in [2.24, 2.45) is 5.92 Å². The Hall–Kier alpha value is -1.92. The van der Waals surface area contributed by atoms with E-state index in [4.69, 9.17) is 14.2 Å². The second-order valence-corrected chi connectivity index (χ2v) is 13.6. The van der Waals surface area contributed by atoms with Gasteiger partial charge in [-0.2, -0.15) is 0 Å². The third-order valence-corrected chi connectivity index (χ3v) is 8.46. The summed E-state index contributed by atoms with van der Waals surface area (Å²) in [6, 6.07) is 0. The highest BCUT2D eigenvalue weighted by Crippen LogP contribution is 2.29. The van der Waals surface area contributed by atoms with E-state index in [1.165, 1.54) is 83.5 Å². The van der Waals surface area contributed by atoms with E-state index in [2.05, 4.69) is 57.2 Å². The molecule has 0 spiro atoms. The van der Waals surface area contributed by atoms with Crippen LogP contribution in [0.4, 0.5) is 0 Å². The third-order valence-electron chi connectivity index (χ3n) is 8.46. The van der Waals surface area contributed by atoms with Crippen molar-refractivity contribution < 1.29 is 28.9 Å². The summed E-state index contributed by atoms with van der Waals surface area (Å²) in [5.41, 5.74) is 0. The molecule has 1 aliphatic heterocycles. The monoisotopic (exact) mass is 647 g/mol. The molecule has 0 aliphatic carbocycles. The van der Waals surface area contributed by atoms with Gasteiger partial charge in [-0.25, -0.2) is 0 Å². The standard InChI is InChI=1S/C40H70O6/c1-4-5-6-7-19-24-29-37-38(46-37)30-25-20-15-13-17-22-27-32-40(43)45-34-36(41)33-44-39(42)31-26-21-16-12-10-8-9-11-14-18-23-28-35(2)3/h13,17,19-20,24-25,35-38,41H,4-12,14-16,18,21-23,26-34H2,1-3H3/b17-13-,24-19-,25-20-/t36-,37?,38?/m1/s1. The smallest absolute Gasteiger partial charge is 0.305 e. The molecule has 6 nitrogen and oxygen atoms in total. The fourth-order valence-electron chi connectivity index (χ4n) is 5.42. The zero-order valence-corrected chi connectivity index (χ0v) is 29.9. The summed E-state index contributed by atoms with van der Waals surface area (Å²) < 4.78 is 16.0. The number of esters is 2. The van der Waals surface area contributed by atoms with Crippen LogP contribution >= 0.6 is 0 Å². The molecule has 1 aliphatic rings. The number of aliphatic hydroxyl groups is 1. The number of aliphatic hydroxyl groups excluding tert-OH is 1. The SMILES string of the molecule is CCCCC/C=C\CC1OC1C/C=C\C/C=C\CCCC(=O)OC[C@H](O)COC(=O)CCCCCCCCCCCCCC(C)C. The first-order chi connectivity index (χ1) is 22.4. The second kappa shape index (κ2) is 30.4. The van der Waals surface area contributed by atoms with Gasteiger partial charge in [-0.1, -0.05) is 141 Å². The van der Waals surface area contributed by atoms with Gasteiger partial charge in [0.1, 0.15) is 19.3 Å². The summed E-state index contributed by atoms with van der Waals surface area (Å²) in [7, 11) is 0. The van der Waals surface area contributed by atoms with Crippen molar-refractivity contribution >= 4 is 11.9 Å². The highest BCUT2D eigenvalue weighted by atomic mass is 16.6. The van der Waals surface area contributed by atoms with E-state index in [-0.39, 0.29) is 25.2 Å². The Kier molecular flexibility index (Phi) is 27.8. The van der Waals surface area contributed by atoms with Crippen LogP contribution in [0.1, 0.15) is 168 Å². The molecule has 266 valence electrons. The fraction of sp³-hybridized carbons (Fsp3) is 0.800. The van der Waals surface area contributed by atoms with E-state index in [1.54, 1.807) is 0 Å². The zero-order chi connectivity index (χ0) is 33.5. The molecule has 2 unspecified atom stereocenters. The molecule has 0 radical (unpaired) electrons. The van der Waals surface area contributed by atoms with E-state index in [0.29, 0.717) is 31.5 Å². The molecule has 3 atom stereocenters. The fourth-order valence-corrected chi connectivity index (χ4v) is 5.42. The van der Waals surface area contributed by atoms with Gasteiger partial charge < -0.3 is 19.3 Å². The topological polar surface area (TPSA) is 85.4 Å². The van der Waals surface area contributed by atoms with Gasteiger partial charge in [-0.05, 0) is 57.3 Å². The average Bonchev–Trinajstić information content (AvgIpc) is 3.79. The van der Waals surface area contributed by atoms with Crippen molar-refractivity contribution in [2.75, 3.05) is 13.2 Å². The number of hydrogen-bond donors (Lipinski definition) is 1. The van der Waals surface area contributed by atoms with Crippen molar-refractivity contribution in [1.29, 1.82) is 0 Å². The molecule has 1 saturated heterocycles. The number of rotatable bonds is 32. The van der Waals surface area contributed by atoms with Crippen LogP contribution in [0, 0.1) is 5.92 Å². The van der Waals surface area contributed by atoms with Crippen LogP contribution < -0.4 is 0 Å². The quantitative estimate of drug-likeness (QED) is 0.0339. The second-order valence-electron chi connectivity index (χ2n) is 13.6. The Balaban J connectivity index is 1.87. The number of ether oxygens (including phenoxy) is 3. The maximum Gasteiger partial charge on any atom is 0.305 e. The molecule has 0 bridgehead atoms. The van der Waals surface area contributed by atoms with Crippen molar-refractivity contribution in [3.05, 3.63) is 36.5 Å². The molecule has 46 heavy (non-hydrogen) atoms. The molecular formula is C40H70O6. The lowest BCUT2D eigenvalue weighted by Gasteiger charge is -2.12. The molecular weight excluding hydrogens is 576 g/mol. The lowest BCUT2D eigenvalue weighted by Crippen LogP contribution is -2.25. The molecule has 6 heteroatoms. The van der Waals surface area contributed by atoms with Crippen LogP contribution in [0.15, 0.2) is 36.5 Å². The average molecular weight is 647 g/mol. The Morgan fingerprint density at radius 1 is 0.630 bits per heavy atom. The van der Waals surface area contributed by atoms with Crippen LogP contribution in [0.5, 0.6) is 0 Å². The molecule has 0 amide bonds. The maximum atomic E-state index is 11.9. The van der Waals surface area contributed by atoms with Crippen LogP contribution in [-0.2, 0) is 23.8 Å². The number of unbranched alkanes of at least 4 members (excludes halogenated alkanes) is 14. The highest BCUT2D eigenvalue weighted by Gasteiger charge is 2.35. The summed E-state index contributed by atoms with van der Waals surface area (Å²) in [6.07, 6.45) is 38.0. The molecule has 1 fully saturated rings. The minimum absolute atomic E-state index is 0.135. The van der Waals surface area contributed by atoms with Crippen LogP contribution in [0.2, 0.25) is 0 Å². The van der Waals surface area contributed by atoms with Gasteiger partial charge in [0.2, 0.25) is 0 Å². The van der Waals surface area contributed by atoms with E-state index in [1.807, 2.05) is 0 Å². The Bertz CT molecular complexity index is 817. The summed E-state index contributed by atoms with van der Waals surface area (Å²) in [5, 5.41) is 10.00. The number of carbonyl (C=O) groups excluding carboxylic acids is 2. The van der Waals surface area contributed by atoms with E-state index >= 15 is 0 Å². The minimum atomic E-state index is -0.988.